The molecule has 226 valence electrons. The van der Waals surface area contributed by atoms with Gasteiger partial charge in [-0.3, -0.25) is 9.69 Å². The highest BCUT2D eigenvalue weighted by atomic mass is 35.5. The van der Waals surface area contributed by atoms with Crippen LogP contribution in [0, 0.1) is 0 Å². The minimum Gasteiger partial charge on any atom is -0.494 e. The van der Waals surface area contributed by atoms with Gasteiger partial charge in [0.25, 0.3) is 0 Å². The van der Waals surface area contributed by atoms with Gasteiger partial charge in [-0.05, 0) is 46.9 Å². The number of amides is 1. The molecule has 0 bridgehead atoms. The topological polar surface area (TPSA) is 41.6 Å². The van der Waals surface area contributed by atoms with E-state index in [1.807, 2.05) is 60.7 Å². The number of nitrogens with one attached hydrogen (secondary N) is 1. The summed E-state index contributed by atoms with van der Waals surface area (Å²) in [5.74, 6) is 0.682. The zero-order valence-electron chi connectivity index (χ0n) is 24.1. The maximum atomic E-state index is 13.6. The van der Waals surface area contributed by atoms with E-state index in [1.165, 1.54) is 6.07 Å². The van der Waals surface area contributed by atoms with Crippen LogP contribution in [0.2, 0.25) is 5.02 Å². The minimum absolute atomic E-state index is 0.00269. The van der Waals surface area contributed by atoms with Crippen molar-refractivity contribution in [2.24, 2.45) is 0 Å². The predicted octanol–water partition coefficient (Wildman–Crippen LogP) is 8.49. The molecule has 0 radical (unpaired) electrons. The Morgan fingerprint density at radius 3 is 2.19 bits per heavy atom. The van der Waals surface area contributed by atoms with Crippen molar-refractivity contribution in [2.75, 3.05) is 19.7 Å². The van der Waals surface area contributed by atoms with Crippen LogP contribution < -0.4 is 10.1 Å². The van der Waals surface area contributed by atoms with Crippen LogP contribution in [0.15, 0.2) is 103 Å². The Hall–Kier alpha value is -3.81. The molecule has 4 nitrogen and oxygen atoms in total. The summed E-state index contributed by atoms with van der Waals surface area (Å²) in [6.07, 6.45) is -3.46. The fourth-order valence-corrected chi connectivity index (χ4v) is 5.27. The van der Waals surface area contributed by atoms with E-state index in [2.05, 4.69) is 34.5 Å². The van der Waals surface area contributed by atoms with Crippen molar-refractivity contribution in [3.8, 4) is 5.75 Å². The van der Waals surface area contributed by atoms with E-state index in [0.29, 0.717) is 50.4 Å². The third-order valence-corrected chi connectivity index (χ3v) is 7.67. The monoisotopic (exact) mass is 608 g/mol. The smallest absolute Gasteiger partial charge is 0.417 e. The fraction of sp³-hybridized carbons (Fsp3) is 0.286. The molecule has 0 spiro atoms. The van der Waals surface area contributed by atoms with Gasteiger partial charge in [-0.1, -0.05) is 103 Å². The zero-order chi connectivity index (χ0) is 30.7. The molecule has 0 heterocycles. The van der Waals surface area contributed by atoms with Gasteiger partial charge in [0, 0.05) is 38.5 Å². The first kappa shape index (κ1) is 32.1. The van der Waals surface area contributed by atoms with Crippen LogP contribution in [-0.4, -0.2) is 30.5 Å². The molecule has 0 saturated heterocycles. The van der Waals surface area contributed by atoms with E-state index in [9.17, 15) is 18.0 Å². The first-order chi connectivity index (χ1) is 20.7. The maximum Gasteiger partial charge on any atom is 0.417 e. The first-order valence-corrected chi connectivity index (χ1v) is 14.8. The Morgan fingerprint density at radius 1 is 0.907 bits per heavy atom. The van der Waals surface area contributed by atoms with Crippen molar-refractivity contribution in [1.29, 1.82) is 0 Å². The van der Waals surface area contributed by atoms with Crippen LogP contribution in [0.25, 0.3) is 0 Å². The van der Waals surface area contributed by atoms with Gasteiger partial charge in [0.1, 0.15) is 5.75 Å². The molecule has 0 aliphatic carbocycles. The van der Waals surface area contributed by atoms with Crippen LogP contribution >= 0.6 is 11.6 Å². The molecule has 4 aromatic carbocycles. The highest BCUT2D eigenvalue weighted by Crippen LogP contribution is 2.37. The molecule has 4 aromatic rings. The Balaban J connectivity index is 1.51. The fourth-order valence-electron chi connectivity index (χ4n) is 4.98. The van der Waals surface area contributed by atoms with E-state index in [-0.39, 0.29) is 23.4 Å². The van der Waals surface area contributed by atoms with Crippen molar-refractivity contribution in [3.05, 3.63) is 136 Å². The summed E-state index contributed by atoms with van der Waals surface area (Å²) >= 11 is 6.32. The molecule has 0 aromatic heterocycles. The number of nitrogens with zero attached hydrogens (tertiary/aromatic N) is 1. The third kappa shape index (κ3) is 9.60. The van der Waals surface area contributed by atoms with Gasteiger partial charge in [-0.25, -0.2) is 0 Å². The summed E-state index contributed by atoms with van der Waals surface area (Å²) in [7, 11) is 0. The van der Waals surface area contributed by atoms with Gasteiger partial charge in [0.05, 0.1) is 17.2 Å². The van der Waals surface area contributed by atoms with Crippen LogP contribution in [0.4, 0.5) is 13.2 Å². The van der Waals surface area contributed by atoms with E-state index in [4.69, 9.17) is 16.3 Å². The number of carbonyl (C=O) groups is 1. The van der Waals surface area contributed by atoms with E-state index < -0.39 is 11.7 Å². The highest BCUT2D eigenvalue weighted by molar-refractivity contribution is 6.32. The van der Waals surface area contributed by atoms with Gasteiger partial charge >= 0.3 is 6.18 Å². The number of rotatable bonds is 14. The normalized spacial score (nSPS) is 11.6. The molecule has 0 atom stereocenters. The summed E-state index contributed by atoms with van der Waals surface area (Å²) in [6, 6.07) is 31.9. The molecule has 0 aliphatic heterocycles. The van der Waals surface area contributed by atoms with Crippen LogP contribution in [0.1, 0.15) is 53.5 Å². The largest absolute Gasteiger partial charge is 0.494 e. The first-order valence-electron chi connectivity index (χ1n) is 14.4. The summed E-state index contributed by atoms with van der Waals surface area (Å²) in [4.78, 5) is 13.8. The summed E-state index contributed by atoms with van der Waals surface area (Å²) < 4.78 is 46.9. The van der Waals surface area contributed by atoms with E-state index in [1.54, 1.807) is 13.0 Å². The molecular weight excluding hydrogens is 573 g/mol. The summed E-state index contributed by atoms with van der Waals surface area (Å²) in [5.41, 5.74) is 2.79. The molecule has 0 unspecified atom stereocenters. The Bertz CT molecular complexity index is 1410. The Kier molecular flexibility index (Phi) is 11.6. The van der Waals surface area contributed by atoms with Gasteiger partial charge in [-0.2, -0.15) is 13.2 Å². The lowest BCUT2D eigenvalue weighted by Crippen LogP contribution is -2.31. The van der Waals surface area contributed by atoms with Crippen LogP contribution in [0.5, 0.6) is 5.75 Å². The standard InChI is InChI=1S/C35H36ClF3N2O2/c1-2-33(42)40-23-26-12-9-18-30(22-26)43-21-11-20-41(24-29-17-10-19-32(34(29)36)35(37,38)39)25-31(27-13-5-3-6-14-27)28-15-7-4-8-16-28/h3-10,12-19,22,31H,2,11,20-21,23-25H2,1H3,(H,40,42). The molecular formula is C35H36ClF3N2O2. The number of hydrogen-bond acceptors (Lipinski definition) is 3. The Morgan fingerprint density at radius 2 is 1.56 bits per heavy atom. The molecule has 4 rings (SSSR count). The van der Waals surface area contributed by atoms with E-state index in [0.717, 1.165) is 22.8 Å². The number of alkyl halides is 3. The van der Waals surface area contributed by atoms with E-state index >= 15 is 0 Å². The molecule has 1 amide bonds. The summed E-state index contributed by atoms with van der Waals surface area (Å²) in [6.45, 7) is 4.06. The lowest BCUT2D eigenvalue weighted by molar-refractivity contribution is -0.137. The van der Waals surface area contributed by atoms with Crippen molar-refractivity contribution in [2.45, 2.75) is 44.9 Å². The molecule has 1 N–H and O–H groups in total. The molecule has 0 saturated carbocycles. The lowest BCUT2D eigenvalue weighted by Gasteiger charge is -2.29. The zero-order valence-corrected chi connectivity index (χ0v) is 24.9. The second kappa shape index (κ2) is 15.6. The predicted molar refractivity (Wildman–Crippen MR) is 165 cm³/mol. The molecule has 0 fully saturated rings. The van der Waals surface area contributed by atoms with Crippen molar-refractivity contribution in [1.82, 2.24) is 10.2 Å². The minimum atomic E-state index is -4.53. The Labute approximate surface area is 256 Å². The number of hydrogen-bond donors (Lipinski definition) is 1. The number of ether oxygens (including phenoxy) is 1. The third-order valence-electron chi connectivity index (χ3n) is 7.22. The maximum absolute atomic E-state index is 13.6. The average molecular weight is 609 g/mol. The summed E-state index contributed by atoms with van der Waals surface area (Å²) in [5, 5.41) is 2.60. The second-order valence-electron chi connectivity index (χ2n) is 10.4. The van der Waals surface area contributed by atoms with Crippen molar-refractivity contribution >= 4 is 17.5 Å². The second-order valence-corrected chi connectivity index (χ2v) is 10.7. The van der Waals surface area contributed by atoms with Gasteiger partial charge in [0.2, 0.25) is 5.91 Å². The highest BCUT2D eigenvalue weighted by Gasteiger charge is 2.34. The van der Waals surface area contributed by atoms with Crippen LogP contribution in [0.3, 0.4) is 0 Å². The average Bonchev–Trinajstić information content (AvgIpc) is 3.02. The van der Waals surface area contributed by atoms with Gasteiger partial charge in [-0.15, -0.1) is 0 Å². The molecule has 8 heteroatoms. The number of benzene rings is 4. The number of halogens is 4. The van der Waals surface area contributed by atoms with Gasteiger partial charge in [0.15, 0.2) is 0 Å². The SMILES string of the molecule is CCC(=O)NCc1cccc(OCCCN(Cc2cccc(C(F)(F)F)c2Cl)CC(c2ccccc2)c2ccccc2)c1. The number of carbonyl (C=O) groups excluding carboxylic acids is 1. The quantitative estimate of drug-likeness (QED) is 0.146. The molecule has 43 heavy (non-hydrogen) atoms. The van der Waals surface area contributed by atoms with Crippen molar-refractivity contribution in [3.63, 3.8) is 0 Å². The molecule has 0 aliphatic rings. The lowest BCUT2D eigenvalue weighted by atomic mass is 9.90. The van der Waals surface area contributed by atoms with Gasteiger partial charge < -0.3 is 10.1 Å². The van der Waals surface area contributed by atoms with Crippen LogP contribution in [-0.2, 0) is 24.1 Å². The van der Waals surface area contributed by atoms with Crippen molar-refractivity contribution < 1.29 is 22.7 Å².